The third kappa shape index (κ3) is 1.88. The number of nitrogens with zero attached hydrogens (tertiary/aromatic N) is 1. The number of hydrogen-bond donors (Lipinski definition) is 1. The van der Waals surface area contributed by atoms with Gasteiger partial charge in [0.25, 0.3) is 0 Å². The molecule has 0 spiro atoms. The van der Waals surface area contributed by atoms with E-state index in [1.165, 1.54) is 0 Å². The Kier molecular flexibility index (Phi) is 2.71. The number of amides is 1. The first-order chi connectivity index (χ1) is 6.01. The average molecular weight is 184 g/mol. The lowest BCUT2D eigenvalue weighted by Gasteiger charge is -2.45. The van der Waals surface area contributed by atoms with E-state index < -0.39 is 5.54 Å². The van der Waals surface area contributed by atoms with Crippen molar-refractivity contribution in [1.82, 2.24) is 10.2 Å². The summed E-state index contributed by atoms with van der Waals surface area (Å²) in [4.78, 5) is 23.8. The predicted molar refractivity (Wildman–Crippen MR) is 49.3 cm³/mol. The van der Waals surface area contributed by atoms with E-state index in [4.69, 9.17) is 0 Å². The lowest BCUT2D eigenvalue weighted by atomic mass is 9.91. The van der Waals surface area contributed by atoms with Crippen molar-refractivity contribution >= 4 is 12.2 Å². The van der Waals surface area contributed by atoms with Crippen LogP contribution >= 0.6 is 0 Å². The first kappa shape index (κ1) is 10.2. The van der Waals surface area contributed by atoms with Gasteiger partial charge in [0, 0.05) is 20.1 Å². The first-order valence-electron chi connectivity index (χ1n) is 4.44. The zero-order chi connectivity index (χ0) is 10.1. The van der Waals surface area contributed by atoms with Gasteiger partial charge in [-0.3, -0.25) is 9.69 Å². The topological polar surface area (TPSA) is 49.4 Å². The Hall–Kier alpha value is -0.900. The molecule has 1 aliphatic rings. The average Bonchev–Trinajstić information content (AvgIpc) is 2.01. The molecule has 13 heavy (non-hydrogen) atoms. The van der Waals surface area contributed by atoms with Crippen molar-refractivity contribution in [1.29, 1.82) is 0 Å². The summed E-state index contributed by atoms with van der Waals surface area (Å²) in [6.45, 7) is 5.09. The van der Waals surface area contributed by atoms with Crippen LogP contribution in [0.3, 0.4) is 0 Å². The zero-order valence-electron chi connectivity index (χ0n) is 8.33. The van der Waals surface area contributed by atoms with Gasteiger partial charge in [0.05, 0.1) is 11.5 Å². The molecule has 1 aliphatic heterocycles. The van der Waals surface area contributed by atoms with Crippen molar-refractivity contribution in [2.75, 3.05) is 20.1 Å². The van der Waals surface area contributed by atoms with E-state index >= 15 is 0 Å². The summed E-state index contributed by atoms with van der Waals surface area (Å²) in [7, 11) is 1.63. The number of likely N-dealkylation sites (tertiary alicyclic amines) is 1. The lowest BCUT2D eigenvalue weighted by Crippen LogP contribution is -2.61. The molecule has 4 nitrogen and oxygen atoms in total. The number of carbonyl (C=O) groups excluding carboxylic acids is 2. The van der Waals surface area contributed by atoms with Crippen LogP contribution in [0.25, 0.3) is 0 Å². The maximum Gasteiger partial charge on any atom is 0.225 e. The molecule has 0 atom stereocenters. The Morgan fingerprint density at radius 1 is 1.54 bits per heavy atom. The number of rotatable bonds is 3. The SMILES string of the molecule is CNC(=O)C1CN(C(C)(C)C=O)C1. The summed E-state index contributed by atoms with van der Waals surface area (Å²) in [6, 6.07) is 0. The maximum atomic E-state index is 11.1. The molecule has 1 fully saturated rings. The third-order valence-corrected chi connectivity index (χ3v) is 2.60. The van der Waals surface area contributed by atoms with E-state index in [0.29, 0.717) is 13.1 Å². The molecule has 1 heterocycles. The normalized spacial score (nSPS) is 19.3. The quantitative estimate of drug-likeness (QED) is 0.609. The molecular weight excluding hydrogens is 168 g/mol. The summed E-state index contributed by atoms with van der Waals surface area (Å²) < 4.78 is 0. The lowest BCUT2D eigenvalue weighted by molar-refractivity contribution is -0.136. The van der Waals surface area contributed by atoms with Gasteiger partial charge in [-0.1, -0.05) is 0 Å². The van der Waals surface area contributed by atoms with Gasteiger partial charge in [-0.2, -0.15) is 0 Å². The van der Waals surface area contributed by atoms with Crippen LogP contribution < -0.4 is 5.32 Å². The predicted octanol–water partition coefficient (Wildman–Crippen LogP) is -0.358. The molecule has 0 aliphatic carbocycles. The van der Waals surface area contributed by atoms with Crippen LogP contribution in [0.1, 0.15) is 13.8 Å². The van der Waals surface area contributed by atoms with E-state index in [1.54, 1.807) is 7.05 Å². The monoisotopic (exact) mass is 184 g/mol. The van der Waals surface area contributed by atoms with Crippen molar-refractivity contribution in [3.05, 3.63) is 0 Å². The van der Waals surface area contributed by atoms with Gasteiger partial charge in [-0.25, -0.2) is 0 Å². The molecule has 0 bridgehead atoms. The van der Waals surface area contributed by atoms with E-state index in [2.05, 4.69) is 5.32 Å². The van der Waals surface area contributed by atoms with Crippen LogP contribution in [0.4, 0.5) is 0 Å². The van der Waals surface area contributed by atoms with E-state index in [9.17, 15) is 9.59 Å². The van der Waals surface area contributed by atoms with Gasteiger partial charge in [-0.15, -0.1) is 0 Å². The molecule has 0 aromatic carbocycles. The van der Waals surface area contributed by atoms with Crippen LogP contribution in [0.5, 0.6) is 0 Å². The molecule has 0 saturated carbocycles. The Labute approximate surface area is 78.3 Å². The van der Waals surface area contributed by atoms with Gasteiger partial charge in [0.2, 0.25) is 5.91 Å². The number of nitrogens with one attached hydrogen (secondary N) is 1. The van der Waals surface area contributed by atoms with Gasteiger partial charge < -0.3 is 10.1 Å². The largest absolute Gasteiger partial charge is 0.359 e. The van der Waals surface area contributed by atoms with Crippen LogP contribution in [0.15, 0.2) is 0 Å². The second kappa shape index (κ2) is 3.46. The van der Waals surface area contributed by atoms with E-state index in [0.717, 1.165) is 6.29 Å². The summed E-state index contributed by atoms with van der Waals surface area (Å²) >= 11 is 0. The van der Waals surface area contributed by atoms with Crippen LogP contribution in [0, 0.1) is 5.92 Å². The highest BCUT2D eigenvalue weighted by Gasteiger charge is 2.39. The second-order valence-corrected chi connectivity index (χ2v) is 3.99. The van der Waals surface area contributed by atoms with Gasteiger partial charge in [0.1, 0.15) is 6.29 Å². The zero-order valence-corrected chi connectivity index (χ0v) is 8.33. The van der Waals surface area contributed by atoms with Crippen LogP contribution in [-0.4, -0.2) is 42.8 Å². The minimum Gasteiger partial charge on any atom is -0.359 e. The minimum absolute atomic E-state index is 0.0595. The van der Waals surface area contributed by atoms with E-state index in [-0.39, 0.29) is 11.8 Å². The Morgan fingerprint density at radius 2 is 2.08 bits per heavy atom. The van der Waals surface area contributed by atoms with E-state index in [1.807, 2.05) is 18.7 Å². The molecule has 0 unspecified atom stereocenters. The van der Waals surface area contributed by atoms with Crippen LogP contribution in [0.2, 0.25) is 0 Å². The Bertz CT molecular complexity index is 220. The molecule has 0 aromatic rings. The summed E-state index contributed by atoms with van der Waals surface area (Å²) in [6.07, 6.45) is 0.924. The first-order valence-corrected chi connectivity index (χ1v) is 4.44. The highest BCUT2D eigenvalue weighted by Crippen LogP contribution is 2.24. The number of carbonyl (C=O) groups is 2. The summed E-state index contributed by atoms with van der Waals surface area (Å²) in [5.74, 6) is 0.127. The van der Waals surface area contributed by atoms with Gasteiger partial charge >= 0.3 is 0 Å². The van der Waals surface area contributed by atoms with Crippen LogP contribution in [-0.2, 0) is 9.59 Å². The summed E-state index contributed by atoms with van der Waals surface area (Å²) in [5.41, 5.74) is -0.426. The molecule has 0 aromatic heterocycles. The number of hydrogen-bond acceptors (Lipinski definition) is 3. The minimum atomic E-state index is -0.426. The Morgan fingerprint density at radius 3 is 2.46 bits per heavy atom. The fourth-order valence-electron chi connectivity index (χ4n) is 1.39. The van der Waals surface area contributed by atoms with Crippen molar-refractivity contribution in [2.24, 2.45) is 5.92 Å². The van der Waals surface area contributed by atoms with Gasteiger partial charge in [-0.05, 0) is 13.8 Å². The van der Waals surface area contributed by atoms with Crippen molar-refractivity contribution in [3.63, 3.8) is 0 Å². The van der Waals surface area contributed by atoms with Crippen molar-refractivity contribution in [3.8, 4) is 0 Å². The molecule has 1 N–H and O–H groups in total. The molecule has 74 valence electrons. The fraction of sp³-hybridized carbons (Fsp3) is 0.778. The molecule has 1 amide bonds. The molecule has 1 rings (SSSR count). The third-order valence-electron chi connectivity index (χ3n) is 2.60. The highest BCUT2D eigenvalue weighted by atomic mass is 16.2. The molecule has 1 saturated heterocycles. The summed E-state index contributed by atoms with van der Waals surface area (Å²) in [5, 5.41) is 2.60. The Balaban J connectivity index is 2.41. The molecular formula is C9H16N2O2. The van der Waals surface area contributed by atoms with Crippen molar-refractivity contribution < 1.29 is 9.59 Å². The maximum absolute atomic E-state index is 11.1. The molecule has 0 radical (unpaired) electrons. The highest BCUT2D eigenvalue weighted by molar-refractivity contribution is 5.80. The molecule has 4 heteroatoms. The standard InChI is InChI=1S/C9H16N2O2/c1-9(2,6-12)11-4-7(5-11)8(13)10-3/h6-7H,4-5H2,1-3H3,(H,10,13). The fourth-order valence-corrected chi connectivity index (χ4v) is 1.39. The van der Waals surface area contributed by atoms with Gasteiger partial charge in [0.15, 0.2) is 0 Å². The second-order valence-electron chi connectivity index (χ2n) is 3.99. The smallest absolute Gasteiger partial charge is 0.225 e. The number of aldehydes is 1. The van der Waals surface area contributed by atoms with Crippen molar-refractivity contribution in [2.45, 2.75) is 19.4 Å².